The average Bonchev–Trinajstić information content (AvgIpc) is 3.45. The third-order valence-electron chi connectivity index (χ3n) is 5.31. The van der Waals surface area contributed by atoms with Crippen LogP contribution in [0.3, 0.4) is 0 Å². The van der Waals surface area contributed by atoms with E-state index in [1.807, 2.05) is 47.9 Å². The molecule has 0 aliphatic heterocycles. The van der Waals surface area contributed by atoms with Crippen molar-refractivity contribution in [2.75, 3.05) is 4.90 Å². The van der Waals surface area contributed by atoms with Crippen molar-refractivity contribution in [2.45, 2.75) is 44.6 Å². The lowest BCUT2D eigenvalue weighted by Gasteiger charge is -2.20. The number of aryl methyl sites for hydroxylation is 2. The smallest absolute Gasteiger partial charge is 0.230 e. The first-order chi connectivity index (χ1) is 16.5. The lowest BCUT2D eigenvalue weighted by Crippen LogP contribution is -2.23. The van der Waals surface area contributed by atoms with Gasteiger partial charge in [-0.3, -0.25) is 14.3 Å². The normalized spacial score (nSPS) is 10.9. The van der Waals surface area contributed by atoms with E-state index in [0.717, 1.165) is 39.9 Å². The molecule has 0 atom stereocenters. The van der Waals surface area contributed by atoms with Gasteiger partial charge in [-0.25, -0.2) is 4.98 Å². The number of nitrogens with zero attached hydrogens (tertiary/aromatic N) is 5. The van der Waals surface area contributed by atoms with Crippen molar-refractivity contribution in [1.82, 2.24) is 19.7 Å². The van der Waals surface area contributed by atoms with Gasteiger partial charge in [0, 0.05) is 30.2 Å². The fourth-order valence-electron chi connectivity index (χ4n) is 3.73. The van der Waals surface area contributed by atoms with Crippen LogP contribution in [0, 0.1) is 6.92 Å². The van der Waals surface area contributed by atoms with Crippen LogP contribution in [0.5, 0.6) is 0 Å². The second-order valence-corrected chi connectivity index (χ2v) is 9.60. The van der Waals surface area contributed by atoms with Crippen molar-refractivity contribution in [1.29, 1.82) is 0 Å². The number of anilines is 2. The minimum Gasteiger partial charge on any atom is -0.298 e. The maximum atomic E-state index is 12.5. The van der Waals surface area contributed by atoms with E-state index in [0.29, 0.717) is 17.4 Å². The van der Waals surface area contributed by atoms with Gasteiger partial charge in [-0.1, -0.05) is 66.7 Å². The van der Waals surface area contributed by atoms with E-state index in [1.54, 1.807) is 23.6 Å². The average molecular weight is 490 g/mol. The maximum absolute atomic E-state index is 12.5. The highest BCUT2D eigenvalue weighted by Crippen LogP contribution is 2.33. The van der Waals surface area contributed by atoms with E-state index in [-0.39, 0.29) is 5.91 Å². The number of benzene rings is 2. The number of amides is 1. The zero-order chi connectivity index (χ0) is 24.1. The molecule has 0 spiro atoms. The molecule has 8 heteroatoms. The molecule has 2 aromatic carbocycles. The van der Waals surface area contributed by atoms with Crippen LogP contribution in [0.2, 0.25) is 0 Å². The van der Waals surface area contributed by atoms with Gasteiger partial charge < -0.3 is 0 Å². The Morgan fingerprint density at radius 1 is 1.21 bits per heavy atom. The molecular weight excluding hydrogens is 462 g/mol. The standard InChI is InChI=1S/C26H27N5OS2/c1-5-14-30-24(21-12-9-10-18(3)15-21)28-29-26(30)34-17-22-16-33-25(27-22)31(19(4)32)23-13-8-7-11-20(23)6-2/h5,7-13,15-16H,1,6,14,17H2,2-4H3. The number of allylic oxidation sites excluding steroid dienone is 1. The SMILES string of the molecule is C=CCn1c(SCc2csc(N(C(C)=O)c3ccccc3CC)n2)nnc1-c1cccc(C)c1. The first-order valence-corrected chi connectivity index (χ1v) is 12.9. The Hall–Kier alpha value is -3.23. The van der Waals surface area contributed by atoms with E-state index in [1.165, 1.54) is 16.9 Å². The number of rotatable bonds is 9. The second-order valence-electron chi connectivity index (χ2n) is 7.82. The van der Waals surface area contributed by atoms with Crippen LogP contribution in [0.25, 0.3) is 11.4 Å². The lowest BCUT2D eigenvalue weighted by molar-refractivity contribution is -0.115. The molecule has 0 aliphatic rings. The van der Waals surface area contributed by atoms with Crippen LogP contribution >= 0.6 is 23.1 Å². The topological polar surface area (TPSA) is 63.9 Å². The van der Waals surface area contributed by atoms with Crippen molar-refractivity contribution in [2.24, 2.45) is 0 Å². The number of thioether (sulfide) groups is 1. The zero-order valence-corrected chi connectivity index (χ0v) is 21.2. The van der Waals surface area contributed by atoms with Gasteiger partial charge in [0.25, 0.3) is 0 Å². The summed E-state index contributed by atoms with van der Waals surface area (Å²) in [6, 6.07) is 16.2. The summed E-state index contributed by atoms with van der Waals surface area (Å²) in [6.07, 6.45) is 2.69. The van der Waals surface area contributed by atoms with Gasteiger partial charge in [-0.15, -0.1) is 28.1 Å². The fourth-order valence-corrected chi connectivity index (χ4v) is 5.55. The molecule has 1 amide bonds. The molecule has 174 valence electrons. The summed E-state index contributed by atoms with van der Waals surface area (Å²) in [5, 5.41) is 12.4. The fraction of sp³-hybridized carbons (Fsp3) is 0.231. The van der Waals surface area contributed by atoms with Crippen LogP contribution in [0.15, 0.2) is 71.7 Å². The third kappa shape index (κ3) is 5.13. The molecule has 4 aromatic rings. The molecule has 2 heterocycles. The molecule has 6 nitrogen and oxygen atoms in total. The van der Waals surface area contributed by atoms with Gasteiger partial charge in [0.1, 0.15) is 0 Å². The van der Waals surface area contributed by atoms with Crippen molar-refractivity contribution < 1.29 is 4.79 Å². The summed E-state index contributed by atoms with van der Waals surface area (Å²) < 4.78 is 2.07. The summed E-state index contributed by atoms with van der Waals surface area (Å²) in [5.41, 5.74) is 5.11. The predicted molar refractivity (Wildman–Crippen MR) is 141 cm³/mol. The third-order valence-corrected chi connectivity index (χ3v) is 7.19. The van der Waals surface area contributed by atoms with Gasteiger partial charge in [0.15, 0.2) is 16.1 Å². The largest absolute Gasteiger partial charge is 0.298 e. The Bertz CT molecular complexity index is 1310. The molecule has 34 heavy (non-hydrogen) atoms. The molecule has 4 rings (SSSR count). The number of aromatic nitrogens is 4. The van der Waals surface area contributed by atoms with Gasteiger partial charge in [0.2, 0.25) is 5.91 Å². The number of carbonyl (C=O) groups is 1. The highest BCUT2D eigenvalue weighted by Gasteiger charge is 2.21. The molecule has 0 bridgehead atoms. The Morgan fingerprint density at radius 3 is 2.76 bits per heavy atom. The summed E-state index contributed by atoms with van der Waals surface area (Å²) in [6.45, 7) is 10.2. The molecular formula is C26H27N5OS2. The minimum atomic E-state index is -0.0528. The van der Waals surface area contributed by atoms with Crippen molar-refractivity contribution in [3.63, 3.8) is 0 Å². The number of hydrogen-bond acceptors (Lipinski definition) is 6. The Kier molecular flexibility index (Phi) is 7.59. The number of para-hydroxylation sites is 1. The molecule has 2 aromatic heterocycles. The van der Waals surface area contributed by atoms with Gasteiger partial charge in [0.05, 0.1) is 11.4 Å². The summed E-state index contributed by atoms with van der Waals surface area (Å²) in [7, 11) is 0. The molecule has 0 fully saturated rings. The summed E-state index contributed by atoms with van der Waals surface area (Å²) in [4.78, 5) is 19.0. The van der Waals surface area contributed by atoms with E-state index < -0.39 is 0 Å². The van der Waals surface area contributed by atoms with Crippen molar-refractivity contribution in [3.05, 3.63) is 83.4 Å². The molecule has 0 aliphatic carbocycles. The predicted octanol–water partition coefficient (Wildman–Crippen LogP) is 6.44. The highest BCUT2D eigenvalue weighted by atomic mass is 32.2. The van der Waals surface area contributed by atoms with Crippen molar-refractivity contribution in [3.8, 4) is 11.4 Å². The highest BCUT2D eigenvalue weighted by molar-refractivity contribution is 7.98. The monoisotopic (exact) mass is 489 g/mol. The van der Waals surface area contributed by atoms with Crippen molar-refractivity contribution >= 4 is 39.8 Å². The van der Waals surface area contributed by atoms with E-state index in [9.17, 15) is 4.79 Å². The Balaban J connectivity index is 1.56. The molecule has 0 N–H and O–H groups in total. The van der Waals surface area contributed by atoms with E-state index in [2.05, 4.69) is 47.3 Å². The summed E-state index contributed by atoms with van der Waals surface area (Å²) in [5.74, 6) is 1.40. The number of carbonyl (C=O) groups excluding carboxylic acids is 1. The van der Waals surface area contributed by atoms with Crippen LogP contribution in [0.4, 0.5) is 10.8 Å². The van der Waals surface area contributed by atoms with Gasteiger partial charge in [-0.2, -0.15) is 0 Å². The Morgan fingerprint density at radius 2 is 2.03 bits per heavy atom. The Labute approximate surface area is 208 Å². The molecule has 0 saturated heterocycles. The first-order valence-electron chi connectivity index (χ1n) is 11.1. The summed E-state index contributed by atoms with van der Waals surface area (Å²) >= 11 is 3.05. The number of hydrogen-bond donors (Lipinski definition) is 0. The molecule has 0 saturated carbocycles. The molecule has 0 unspecified atom stereocenters. The van der Waals surface area contributed by atoms with Crippen LogP contribution in [0.1, 0.15) is 30.7 Å². The maximum Gasteiger partial charge on any atom is 0.230 e. The second kappa shape index (κ2) is 10.8. The zero-order valence-electron chi connectivity index (χ0n) is 19.6. The number of thiazole rings is 1. The van der Waals surface area contributed by atoms with E-state index in [4.69, 9.17) is 4.98 Å². The molecule has 0 radical (unpaired) electrons. The van der Waals surface area contributed by atoms with Crippen LogP contribution in [-0.2, 0) is 23.5 Å². The van der Waals surface area contributed by atoms with E-state index >= 15 is 0 Å². The van der Waals surface area contributed by atoms with Gasteiger partial charge in [-0.05, 0) is 31.0 Å². The minimum absolute atomic E-state index is 0.0528. The van der Waals surface area contributed by atoms with Crippen LogP contribution < -0.4 is 4.90 Å². The lowest BCUT2D eigenvalue weighted by atomic mass is 10.1. The van der Waals surface area contributed by atoms with Gasteiger partial charge >= 0.3 is 0 Å². The quantitative estimate of drug-likeness (QED) is 0.200. The first kappa shape index (κ1) is 23.9. The van der Waals surface area contributed by atoms with Crippen LogP contribution in [-0.4, -0.2) is 25.7 Å².